The van der Waals surface area contributed by atoms with Crippen LogP contribution in [-0.4, -0.2) is 69.9 Å². The van der Waals surface area contributed by atoms with Gasteiger partial charge in [0.2, 0.25) is 10.0 Å². The number of hydrogen-bond donors (Lipinski definition) is 3. The van der Waals surface area contributed by atoms with Crippen molar-refractivity contribution in [1.29, 1.82) is 0 Å². The van der Waals surface area contributed by atoms with Gasteiger partial charge in [-0.2, -0.15) is 0 Å². The summed E-state index contributed by atoms with van der Waals surface area (Å²) in [6.45, 7) is 18.3. The first-order chi connectivity index (χ1) is 15.4. The van der Waals surface area contributed by atoms with Crippen molar-refractivity contribution < 1.29 is 69.4 Å². The molecule has 4 atom stereocenters. The number of rotatable bonds is 14. The van der Waals surface area contributed by atoms with Crippen LogP contribution in [0.5, 0.6) is 0 Å². The summed E-state index contributed by atoms with van der Waals surface area (Å²) in [5.74, 6) is -0.167. The summed E-state index contributed by atoms with van der Waals surface area (Å²) < 4.78 is 47.8. The molecular formula is C22H44N5O6PSW2-2. The number of carbonyl (C=O) groups is 1. The monoisotopic (exact) mass is 905 g/mol. The number of nitrogens with one attached hydrogen (secondary N) is 4. The van der Waals surface area contributed by atoms with Crippen LogP contribution in [0.3, 0.4) is 0 Å². The Morgan fingerprint density at radius 1 is 1.24 bits per heavy atom. The van der Waals surface area contributed by atoms with E-state index in [0.717, 1.165) is 12.0 Å². The van der Waals surface area contributed by atoms with Gasteiger partial charge in [0.05, 0.1) is 32.2 Å². The second kappa shape index (κ2) is 16.9. The van der Waals surface area contributed by atoms with E-state index >= 15 is 0 Å². The van der Waals surface area contributed by atoms with Crippen molar-refractivity contribution in [3.05, 3.63) is 37.5 Å². The molecule has 1 amide bonds. The van der Waals surface area contributed by atoms with E-state index in [2.05, 4.69) is 49.2 Å². The predicted molar refractivity (Wildman–Crippen MR) is 141 cm³/mol. The molecule has 1 heterocycles. The molecule has 1 saturated heterocycles. The minimum atomic E-state index is -3.71. The minimum absolute atomic E-state index is 0. The summed E-state index contributed by atoms with van der Waals surface area (Å²) in [5, 5.41) is 5.49. The number of ether oxygens (including phenoxy) is 2. The number of amides is 1. The van der Waals surface area contributed by atoms with Gasteiger partial charge < -0.3 is 37.2 Å². The normalized spacial score (nSPS) is 20.0. The van der Waals surface area contributed by atoms with E-state index in [1.54, 1.807) is 13.8 Å². The molecule has 1 fully saturated rings. The van der Waals surface area contributed by atoms with Crippen molar-refractivity contribution in [2.24, 2.45) is 11.8 Å². The number of likely N-dealkylation sites (tertiary alicyclic amines) is 1. The van der Waals surface area contributed by atoms with Crippen molar-refractivity contribution in [2.45, 2.75) is 58.7 Å². The van der Waals surface area contributed by atoms with E-state index in [1.807, 2.05) is 4.72 Å². The van der Waals surface area contributed by atoms with Gasteiger partial charge in [-0.1, -0.05) is 33.9 Å². The maximum Gasteiger partial charge on any atom is 0.258 e. The summed E-state index contributed by atoms with van der Waals surface area (Å²) in [4.78, 5) is 14.6. The fourth-order valence-corrected chi connectivity index (χ4v) is 4.48. The summed E-state index contributed by atoms with van der Waals surface area (Å²) in [7, 11) is -5.56. The average Bonchev–Trinajstić information content (AvgIpc) is 3.12. The number of allylic oxidation sites excluding steroid dienone is 1. The second-order valence-corrected chi connectivity index (χ2v) is 13.5. The Balaban J connectivity index is -0.00000385. The van der Waals surface area contributed by atoms with Gasteiger partial charge in [-0.05, 0) is 32.7 Å². The zero-order chi connectivity index (χ0) is 26.5. The Morgan fingerprint density at radius 2 is 1.78 bits per heavy atom. The zero-order valence-electron chi connectivity index (χ0n) is 23.1. The smallest absolute Gasteiger partial charge is 0.258 e. The molecule has 0 aromatic rings. The van der Waals surface area contributed by atoms with E-state index in [9.17, 15) is 17.8 Å². The first-order valence-corrected chi connectivity index (χ1v) is 14.9. The van der Waals surface area contributed by atoms with Gasteiger partial charge in [0.15, 0.2) is 0 Å². The molecule has 0 bridgehead atoms. The average molecular weight is 905 g/mol. The molecule has 1 rings (SSSR count). The molecule has 0 aliphatic carbocycles. The van der Waals surface area contributed by atoms with Crippen molar-refractivity contribution in [3.63, 3.8) is 0 Å². The molecule has 15 heteroatoms. The Hall–Kier alpha value is -0.0534. The third-order valence-electron chi connectivity index (χ3n) is 5.90. The predicted octanol–water partition coefficient (Wildman–Crippen LogP) is 3.05. The van der Waals surface area contributed by atoms with Crippen LogP contribution in [0.4, 0.5) is 0 Å². The maximum atomic E-state index is 12.5. The van der Waals surface area contributed by atoms with Gasteiger partial charge in [0.25, 0.3) is 5.91 Å². The van der Waals surface area contributed by atoms with Gasteiger partial charge in [-0.3, -0.25) is 14.6 Å². The molecule has 218 valence electrons. The number of nitrogens with zero attached hydrogens (tertiary/aromatic N) is 1. The van der Waals surface area contributed by atoms with E-state index < -0.39 is 28.9 Å². The van der Waals surface area contributed by atoms with E-state index in [0.29, 0.717) is 24.6 Å². The van der Waals surface area contributed by atoms with Crippen LogP contribution in [0.15, 0.2) is 24.6 Å². The molecule has 4 N–H and O–H groups in total. The van der Waals surface area contributed by atoms with Gasteiger partial charge in [-0.25, -0.2) is 8.42 Å². The summed E-state index contributed by atoms with van der Waals surface area (Å²) >= 11 is 0. The fraction of sp³-hybridized carbons (Fsp3) is 0.727. The van der Waals surface area contributed by atoms with Crippen molar-refractivity contribution >= 4 is 23.4 Å². The second-order valence-electron chi connectivity index (χ2n) is 9.61. The van der Waals surface area contributed by atoms with Crippen LogP contribution in [0.25, 0.3) is 5.50 Å². The molecule has 0 spiro atoms. The van der Waals surface area contributed by atoms with Gasteiger partial charge >= 0.3 is 0 Å². The Kier molecular flexibility index (Phi) is 18.9. The molecule has 0 saturated carbocycles. The molecule has 11 nitrogen and oxygen atoms in total. The Labute approximate surface area is 252 Å². The summed E-state index contributed by atoms with van der Waals surface area (Å²) in [6.07, 6.45) is 0.921. The summed E-state index contributed by atoms with van der Waals surface area (Å²) in [6, 6.07) is -0.261. The molecule has 1 aliphatic heterocycles. The molecule has 0 radical (unpaired) electrons. The molecular weight excluding hydrogens is 861 g/mol. The number of carbonyl (C=O) groups excluding carboxylic acids is 1. The zero-order valence-corrected chi connectivity index (χ0v) is 30.7. The van der Waals surface area contributed by atoms with E-state index in [1.165, 1.54) is 7.05 Å². The van der Waals surface area contributed by atoms with E-state index in [-0.39, 0.29) is 80.8 Å². The standard InChI is InChI=1S/C21H42N5O6PS.CH3.2W/c1-14(2)15(3)17(5)26-11-18(32-12-31-13-33(22,28)23-8)10-19(26)16(4)24-21(6,7)20(27)25-34(9,29)30;;;/h14-15,18-19,24H,4-5,10-13H2,1-3,6-9H3,(H4,22,23,25,27,28);1H3;;/q;-1;;/p-1. The maximum absolute atomic E-state index is 12.5. The third-order valence-corrected chi connectivity index (χ3v) is 7.72. The molecule has 0 aromatic carbocycles. The van der Waals surface area contributed by atoms with Crippen LogP contribution in [0.2, 0.25) is 0 Å². The topological polar surface area (TPSA) is 150 Å². The molecule has 1 aliphatic rings. The van der Waals surface area contributed by atoms with E-state index in [4.69, 9.17) is 15.0 Å². The van der Waals surface area contributed by atoms with Gasteiger partial charge in [0, 0.05) is 66.5 Å². The van der Waals surface area contributed by atoms with Crippen molar-refractivity contribution in [1.82, 2.24) is 20.0 Å². The quantitative estimate of drug-likeness (QED) is 0.104. The summed E-state index contributed by atoms with van der Waals surface area (Å²) in [5.41, 5.74) is 7.75. The van der Waals surface area contributed by atoms with Crippen LogP contribution in [0.1, 0.15) is 41.0 Å². The van der Waals surface area contributed by atoms with Gasteiger partial charge in [0.1, 0.15) is 12.3 Å². The molecule has 37 heavy (non-hydrogen) atoms. The van der Waals surface area contributed by atoms with Crippen LogP contribution >= 0.6 is 7.44 Å². The van der Waals surface area contributed by atoms with Crippen molar-refractivity contribution in [2.75, 3.05) is 33.0 Å². The molecule has 4 unspecified atom stereocenters. The van der Waals surface area contributed by atoms with Crippen LogP contribution in [0, 0.1) is 19.3 Å². The third kappa shape index (κ3) is 13.7. The first-order valence-electron chi connectivity index (χ1n) is 11.1. The largest absolute Gasteiger partial charge is 0.604 e. The first kappa shape index (κ1) is 41.4. The Morgan fingerprint density at radius 3 is 2.24 bits per heavy atom. The van der Waals surface area contributed by atoms with Crippen molar-refractivity contribution in [3.8, 4) is 0 Å². The fourth-order valence-electron chi connectivity index (χ4n) is 3.42. The number of sulfonamides is 1. The van der Waals surface area contributed by atoms with Crippen LogP contribution in [-0.2, 0) is 71.0 Å². The number of hydrogen-bond acceptors (Lipinski definition) is 8. The van der Waals surface area contributed by atoms with Gasteiger partial charge in [-0.15, -0.1) is 0 Å². The minimum Gasteiger partial charge on any atom is -0.604 e. The van der Waals surface area contributed by atoms with Crippen LogP contribution < -0.4 is 15.1 Å². The Bertz CT molecular complexity index is 919. The molecule has 0 aromatic heterocycles. The SMILES string of the molecule is C=C(NC(C)(C)C(=O)NS(C)(=O)=O)C1CC(OCOCP([NH-])(=O)NC)CN1C(=C)C(C)C(C)C.[CH3-].[W].[W].